The Morgan fingerprint density at radius 1 is 1.35 bits per heavy atom. The molecule has 0 aromatic carbocycles. The molecule has 92 valence electrons. The molecule has 6 nitrogen and oxygen atoms in total. The summed E-state index contributed by atoms with van der Waals surface area (Å²) in [6, 6.07) is 3.46. The van der Waals surface area contributed by atoms with Crippen LogP contribution in [-0.2, 0) is 16.6 Å². The molecular formula is C7H7ClN4O2S3. The van der Waals surface area contributed by atoms with E-state index in [0.717, 1.165) is 16.2 Å². The van der Waals surface area contributed by atoms with Crippen molar-refractivity contribution < 1.29 is 8.42 Å². The van der Waals surface area contributed by atoms with Crippen molar-refractivity contribution in [1.29, 1.82) is 0 Å². The first-order chi connectivity index (χ1) is 7.97. The maximum atomic E-state index is 11.7. The zero-order valence-electron chi connectivity index (χ0n) is 8.25. The number of nitrogens with two attached hydrogens (primary N) is 1. The van der Waals surface area contributed by atoms with Crippen LogP contribution in [0.2, 0.25) is 4.34 Å². The predicted molar refractivity (Wildman–Crippen MR) is 67.7 cm³/mol. The van der Waals surface area contributed by atoms with Crippen molar-refractivity contribution in [3.63, 3.8) is 0 Å². The molecular weight excluding hydrogens is 304 g/mol. The molecule has 2 aromatic rings. The highest BCUT2D eigenvalue weighted by atomic mass is 35.5. The lowest BCUT2D eigenvalue weighted by Gasteiger charge is -2.00. The molecule has 0 saturated carbocycles. The Balaban J connectivity index is 2.08. The van der Waals surface area contributed by atoms with Crippen molar-refractivity contribution in [1.82, 2.24) is 14.9 Å². The topological polar surface area (TPSA) is 98.0 Å². The van der Waals surface area contributed by atoms with E-state index in [9.17, 15) is 8.42 Å². The van der Waals surface area contributed by atoms with E-state index in [1.54, 1.807) is 12.1 Å². The quantitative estimate of drug-likeness (QED) is 0.887. The number of hydrogen-bond acceptors (Lipinski definition) is 7. The number of aromatic nitrogens is 2. The van der Waals surface area contributed by atoms with E-state index in [1.807, 2.05) is 0 Å². The van der Waals surface area contributed by atoms with Gasteiger partial charge in [-0.3, -0.25) is 0 Å². The van der Waals surface area contributed by atoms with Crippen LogP contribution in [-0.4, -0.2) is 18.6 Å². The van der Waals surface area contributed by atoms with Crippen molar-refractivity contribution >= 4 is 49.4 Å². The molecule has 3 N–H and O–H groups in total. The maximum Gasteiger partial charge on any atom is 0.270 e. The summed E-state index contributed by atoms with van der Waals surface area (Å²) in [4.78, 5) is 0.816. The van der Waals surface area contributed by atoms with Crippen LogP contribution in [0, 0.1) is 0 Å². The van der Waals surface area contributed by atoms with E-state index in [2.05, 4.69) is 14.9 Å². The molecule has 10 heteroatoms. The number of halogens is 1. The van der Waals surface area contributed by atoms with E-state index in [4.69, 9.17) is 17.3 Å². The lowest BCUT2D eigenvalue weighted by molar-refractivity contribution is 0.580. The molecule has 0 amide bonds. The summed E-state index contributed by atoms with van der Waals surface area (Å²) in [5.74, 6) is 0. The molecule has 17 heavy (non-hydrogen) atoms. The average Bonchev–Trinajstić information content (AvgIpc) is 2.85. The zero-order valence-corrected chi connectivity index (χ0v) is 11.5. The van der Waals surface area contributed by atoms with Crippen LogP contribution < -0.4 is 10.5 Å². The van der Waals surface area contributed by atoms with Gasteiger partial charge in [0, 0.05) is 11.4 Å². The molecule has 0 unspecified atom stereocenters. The van der Waals surface area contributed by atoms with Crippen LogP contribution in [0.15, 0.2) is 16.5 Å². The normalized spacial score (nSPS) is 11.8. The first-order valence-electron chi connectivity index (χ1n) is 4.30. The highest BCUT2D eigenvalue weighted by Crippen LogP contribution is 2.22. The first-order valence-corrected chi connectivity index (χ1v) is 7.79. The maximum absolute atomic E-state index is 11.7. The summed E-state index contributed by atoms with van der Waals surface area (Å²) in [6.07, 6.45) is 0. The fourth-order valence-corrected chi connectivity index (χ4v) is 3.95. The summed E-state index contributed by atoms with van der Waals surface area (Å²) in [5.41, 5.74) is 5.32. The largest absolute Gasteiger partial charge is 0.374 e. The number of nitrogen functional groups attached to an aromatic ring is 1. The van der Waals surface area contributed by atoms with Gasteiger partial charge in [0.1, 0.15) is 0 Å². The summed E-state index contributed by atoms with van der Waals surface area (Å²) >= 11 is 7.86. The third kappa shape index (κ3) is 3.13. The van der Waals surface area contributed by atoms with E-state index in [-0.39, 0.29) is 16.0 Å². The van der Waals surface area contributed by atoms with Gasteiger partial charge >= 0.3 is 0 Å². The zero-order chi connectivity index (χ0) is 12.5. The number of anilines is 1. The molecule has 0 bridgehead atoms. The Morgan fingerprint density at radius 2 is 2.12 bits per heavy atom. The van der Waals surface area contributed by atoms with Gasteiger partial charge in [-0.25, -0.2) is 13.1 Å². The Hall–Kier alpha value is -0.740. The van der Waals surface area contributed by atoms with Crippen LogP contribution in [0.5, 0.6) is 0 Å². The molecule has 0 aliphatic heterocycles. The first kappa shape index (κ1) is 12.7. The third-order valence-electron chi connectivity index (χ3n) is 1.72. The van der Waals surface area contributed by atoms with Crippen molar-refractivity contribution in [3.05, 3.63) is 21.3 Å². The van der Waals surface area contributed by atoms with Gasteiger partial charge in [-0.2, -0.15) is 0 Å². The average molecular weight is 311 g/mol. The second kappa shape index (κ2) is 4.86. The smallest absolute Gasteiger partial charge is 0.270 e. The Kier molecular flexibility index (Phi) is 3.64. The fourth-order valence-electron chi connectivity index (χ4n) is 1.00. The molecule has 0 atom stereocenters. The standard InChI is InChI=1S/C7H7ClN4O2S3/c8-5-2-1-4(15-5)3-10-17(13,14)7-12-11-6(9)16-7/h1-2,10H,3H2,(H2,9,11). The molecule has 0 aliphatic carbocycles. The molecule has 0 saturated heterocycles. The van der Waals surface area contributed by atoms with Gasteiger partial charge in [-0.15, -0.1) is 21.5 Å². The minimum Gasteiger partial charge on any atom is -0.374 e. The summed E-state index contributed by atoms with van der Waals surface area (Å²) in [6.45, 7) is 0.166. The Bertz CT molecular complexity index is 621. The van der Waals surface area contributed by atoms with Crippen molar-refractivity contribution in [2.24, 2.45) is 0 Å². The highest BCUT2D eigenvalue weighted by molar-refractivity contribution is 7.91. The van der Waals surface area contributed by atoms with Crippen molar-refractivity contribution in [2.45, 2.75) is 10.9 Å². The number of hydrogen-bond donors (Lipinski definition) is 2. The number of nitrogens with one attached hydrogen (secondary N) is 1. The number of nitrogens with zero attached hydrogens (tertiary/aromatic N) is 2. The fraction of sp³-hybridized carbons (Fsp3) is 0.143. The van der Waals surface area contributed by atoms with Gasteiger partial charge in [0.2, 0.25) is 9.47 Å². The van der Waals surface area contributed by atoms with Crippen molar-refractivity contribution in [3.8, 4) is 0 Å². The summed E-state index contributed by atoms with van der Waals surface area (Å²) in [7, 11) is -3.65. The SMILES string of the molecule is Nc1nnc(S(=O)(=O)NCc2ccc(Cl)s2)s1. The molecule has 0 fully saturated rings. The predicted octanol–water partition coefficient (Wildman–Crippen LogP) is 1.31. The van der Waals surface area contributed by atoms with Gasteiger partial charge in [-0.1, -0.05) is 22.9 Å². The molecule has 2 heterocycles. The molecule has 0 aliphatic rings. The monoisotopic (exact) mass is 310 g/mol. The second-order valence-electron chi connectivity index (χ2n) is 2.94. The van der Waals surface area contributed by atoms with Crippen LogP contribution in [0.3, 0.4) is 0 Å². The number of rotatable bonds is 4. The minimum atomic E-state index is -3.65. The third-order valence-corrected chi connectivity index (χ3v) is 5.47. The van der Waals surface area contributed by atoms with E-state index < -0.39 is 10.0 Å². The van der Waals surface area contributed by atoms with E-state index in [0.29, 0.717) is 4.34 Å². The van der Waals surface area contributed by atoms with E-state index >= 15 is 0 Å². The Labute approximate surface area is 110 Å². The molecule has 0 radical (unpaired) electrons. The van der Waals surface area contributed by atoms with Crippen LogP contribution in [0.25, 0.3) is 0 Å². The molecule has 0 spiro atoms. The lowest BCUT2D eigenvalue weighted by Crippen LogP contribution is -2.22. The van der Waals surface area contributed by atoms with Gasteiger partial charge in [-0.05, 0) is 12.1 Å². The van der Waals surface area contributed by atoms with Gasteiger partial charge in [0.05, 0.1) is 4.34 Å². The minimum absolute atomic E-state index is 0.115. The Morgan fingerprint density at radius 3 is 2.65 bits per heavy atom. The second-order valence-corrected chi connectivity index (χ2v) is 7.69. The van der Waals surface area contributed by atoms with Crippen LogP contribution in [0.1, 0.15) is 4.88 Å². The van der Waals surface area contributed by atoms with Gasteiger partial charge in [0.15, 0.2) is 0 Å². The van der Waals surface area contributed by atoms with Crippen molar-refractivity contribution in [2.75, 3.05) is 5.73 Å². The van der Waals surface area contributed by atoms with Crippen LogP contribution >= 0.6 is 34.3 Å². The van der Waals surface area contributed by atoms with Crippen LogP contribution in [0.4, 0.5) is 5.13 Å². The summed E-state index contributed by atoms with van der Waals surface area (Å²) in [5, 5.41) is 7.04. The van der Waals surface area contributed by atoms with E-state index in [1.165, 1.54) is 11.3 Å². The lowest BCUT2D eigenvalue weighted by atomic mass is 10.5. The summed E-state index contributed by atoms with van der Waals surface area (Å²) < 4.78 is 26.3. The number of sulfonamides is 1. The van der Waals surface area contributed by atoms with Gasteiger partial charge in [0.25, 0.3) is 10.0 Å². The van der Waals surface area contributed by atoms with Gasteiger partial charge < -0.3 is 5.73 Å². The number of thiophene rings is 1. The highest BCUT2D eigenvalue weighted by Gasteiger charge is 2.19. The molecule has 2 rings (SSSR count). The molecule has 2 aromatic heterocycles.